The van der Waals surface area contributed by atoms with E-state index >= 15 is 0 Å². The van der Waals surface area contributed by atoms with E-state index in [0.717, 1.165) is 77.0 Å². The third-order valence-corrected chi connectivity index (χ3v) is 22.2. The number of hydrogen-bond acceptors (Lipinski definition) is 16. The SMILES string of the molecule is CCC1c2cc(c(O)c(CN(C(=O)OC(C)(C)C)C3CCCCC3)c2O)C(CC)c2cc(c(O)c(CN(C(=O)OC(C)(C)C)C3CCCCC3)c2O)C(CC)c2cc(c(O)c(CN(C(=O)OC(C)(C)C)C3CCCCC3)c2O)C(CC)c2cc1c(O)c(CN(C(=O)OC(C)(C)C)C1CCCCC1)c2O. The van der Waals surface area contributed by atoms with Gasteiger partial charge in [0.25, 0.3) is 0 Å². The molecule has 4 amide bonds. The molecule has 0 radical (unpaired) electrons. The molecule has 4 aromatic rings. The standard InChI is InChI=1S/C84H124N4O16/c1-17-53-57-41-59(71(91)65(69(57)89)45-85(49-33-25-21-26-34-49)77(97)101-81(5,6)7)54(18-2)61-43-63(75(95)67(73(61)93)47-87(51-37-29-23-30-38-51)79(99)103-83(11,12)13)56(20-4)64-44-62(74(94)68(76(64)96)48-88(52-39-31-24-32-40-52)80(100)104-84(14,15)16)55(19-3)60-42-58(53)70(90)66(72(60)92)46-86(50-35-27-22-28-36-50)78(98)102-82(8,9)10/h41-44,49-56,89-96H,17-40,45-48H2,1-16H3. The molecule has 9 rings (SSSR count). The predicted molar refractivity (Wildman–Crippen MR) is 402 cm³/mol. The van der Waals surface area contributed by atoms with Crippen molar-refractivity contribution >= 4 is 24.4 Å². The van der Waals surface area contributed by atoms with Gasteiger partial charge < -0.3 is 79.4 Å². The zero-order chi connectivity index (χ0) is 76.2. The van der Waals surface area contributed by atoms with Gasteiger partial charge in [-0.15, -0.1) is 0 Å². The molecule has 0 unspecified atom stereocenters. The minimum atomic E-state index is -1.03. The van der Waals surface area contributed by atoms with E-state index in [1.807, 2.05) is 27.7 Å². The molecule has 20 heteroatoms. The topological polar surface area (TPSA) is 280 Å². The van der Waals surface area contributed by atoms with Gasteiger partial charge in [-0.1, -0.05) is 105 Å². The number of fused-ring (bicyclic) bond motifs is 8. The summed E-state index contributed by atoms with van der Waals surface area (Å²) in [6, 6.07) is 5.25. The number of ether oxygens (including phenoxy) is 4. The second kappa shape index (κ2) is 33.0. The minimum absolute atomic E-state index is 0.0324. The number of nitrogens with zero attached hydrogens (tertiary/aromatic N) is 4. The van der Waals surface area contributed by atoms with Gasteiger partial charge in [-0.05, 0) is 184 Å². The number of phenols is 8. The molecule has 5 aliphatic carbocycles. The Hall–Kier alpha value is -7.64. The second-order valence-corrected chi connectivity index (χ2v) is 34.4. The molecule has 0 atom stereocenters. The van der Waals surface area contributed by atoms with Gasteiger partial charge in [-0.2, -0.15) is 0 Å². The van der Waals surface area contributed by atoms with Crippen LogP contribution < -0.4 is 0 Å². The van der Waals surface area contributed by atoms with Crippen LogP contribution in [-0.2, 0) is 45.1 Å². The average Bonchev–Trinajstić information content (AvgIpc) is 0.737. The van der Waals surface area contributed by atoms with E-state index in [1.54, 1.807) is 127 Å². The van der Waals surface area contributed by atoms with E-state index < -0.39 is 70.4 Å². The highest BCUT2D eigenvalue weighted by Gasteiger charge is 2.43. The van der Waals surface area contributed by atoms with Crippen LogP contribution in [0, 0.1) is 0 Å². The molecule has 0 aliphatic heterocycles. The van der Waals surface area contributed by atoms with Gasteiger partial charge in [0.1, 0.15) is 68.4 Å². The number of benzene rings is 4. The summed E-state index contributed by atoms with van der Waals surface area (Å²) in [5.74, 6) is -7.22. The zero-order valence-corrected chi connectivity index (χ0v) is 65.4. The summed E-state index contributed by atoms with van der Waals surface area (Å²) in [7, 11) is 0. The van der Waals surface area contributed by atoms with Crippen LogP contribution in [0.5, 0.6) is 46.0 Å². The lowest BCUT2D eigenvalue weighted by Gasteiger charge is -2.37. The number of carbonyl (C=O) groups is 4. The molecule has 8 bridgehead atoms. The quantitative estimate of drug-likeness (QED) is 0.0484. The first kappa shape index (κ1) is 80.5. The van der Waals surface area contributed by atoms with E-state index in [2.05, 4.69) is 0 Å². The normalized spacial score (nSPS) is 19.8. The van der Waals surface area contributed by atoms with Gasteiger partial charge in [0.15, 0.2) is 0 Å². The number of carbonyl (C=O) groups excluding carboxylic acids is 4. The van der Waals surface area contributed by atoms with Gasteiger partial charge in [0.05, 0.1) is 48.4 Å². The Kier molecular flexibility index (Phi) is 25.5. The first-order valence-electron chi connectivity index (χ1n) is 39.2. The summed E-state index contributed by atoms with van der Waals surface area (Å²) < 4.78 is 24.6. The summed E-state index contributed by atoms with van der Waals surface area (Å²) >= 11 is 0. The second-order valence-electron chi connectivity index (χ2n) is 34.4. The lowest BCUT2D eigenvalue weighted by atomic mass is 9.75. The molecule has 20 nitrogen and oxygen atoms in total. The maximum Gasteiger partial charge on any atom is 0.410 e. The summed E-state index contributed by atoms with van der Waals surface area (Å²) in [4.78, 5) is 65.9. The van der Waals surface area contributed by atoms with Crippen molar-refractivity contribution in [3.63, 3.8) is 0 Å². The predicted octanol–water partition coefficient (Wildman–Crippen LogP) is 20.1. The molecular weight excluding hydrogens is 1320 g/mol. The van der Waals surface area contributed by atoms with Crippen LogP contribution >= 0.6 is 0 Å². The van der Waals surface area contributed by atoms with Crippen molar-refractivity contribution < 1.29 is 79.0 Å². The largest absolute Gasteiger partial charge is 0.507 e. The molecule has 4 saturated carbocycles. The maximum absolute atomic E-state index is 14.9. The highest BCUT2D eigenvalue weighted by molar-refractivity contribution is 5.74. The van der Waals surface area contributed by atoms with Gasteiger partial charge in [-0.3, -0.25) is 0 Å². The highest BCUT2D eigenvalue weighted by atomic mass is 16.6. The van der Waals surface area contributed by atoms with Crippen LogP contribution in [0.1, 0.15) is 355 Å². The molecule has 0 spiro atoms. The Morgan fingerprint density at radius 3 is 0.558 bits per heavy atom. The zero-order valence-electron chi connectivity index (χ0n) is 65.4. The van der Waals surface area contributed by atoms with E-state index in [4.69, 9.17) is 18.9 Å². The fraction of sp³-hybridized carbons (Fsp3) is 0.667. The van der Waals surface area contributed by atoms with Crippen LogP contribution in [-0.4, -0.2) is 131 Å². The number of rotatable bonds is 16. The Balaban J connectivity index is 1.45. The van der Waals surface area contributed by atoms with Crippen LogP contribution in [0.3, 0.4) is 0 Å². The molecule has 576 valence electrons. The van der Waals surface area contributed by atoms with Crippen molar-refractivity contribution in [1.82, 2.24) is 19.6 Å². The number of phenolic OH excluding ortho intramolecular Hbond substituents is 8. The Morgan fingerprint density at radius 2 is 0.433 bits per heavy atom. The smallest absolute Gasteiger partial charge is 0.410 e. The molecule has 5 aliphatic rings. The minimum Gasteiger partial charge on any atom is -0.507 e. The van der Waals surface area contributed by atoms with Crippen molar-refractivity contribution in [3.05, 3.63) is 91.0 Å². The van der Waals surface area contributed by atoms with Crippen LogP contribution in [0.25, 0.3) is 0 Å². The monoisotopic (exact) mass is 1440 g/mol. The molecule has 0 saturated heterocycles. The van der Waals surface area contributed by atoms with Gasteiger partial charge in [-0.25, -0.2) is 19.2 Å². The van der Waals surface area contributed by atoms with E-state index in [9.17, 15) is 60.0 Å². The third-order valence-electron chi connectivity index (χ3n) is 22.2. The average molecular weight is 1450 g/mol. The van der Waals surface area contributed by atoms with Crippen molar-refractivity contribution in [2.75, 3.05) is 0 Å². The summed E-state index contributed by atoms with van der Waals surface area (Å²) in [5, 5.41) is 108. The highest BCUT2D eigenvalue weighted by Crippen LogP contribution is 2.57. The number of hydrogen-bond donors (Lipinski definition) is 8. The number of aromatic hydroxyl groups is 8. The third kappa shape index (κ3) is 18.2. The first-order chi connectivity index (χ1) is 48.9. The molecule has 8 N–H and O–H groups in total. The van der Waals surface area contributed by atoms with Crippen LogP contribution in [0.2, 0.25) is 0 Å². The summed E-state index contributed by atoms with van der Waals surface area (Å²) in [6.07, 6.45) is 13.3. The van der Waals surface area contributed by atoms with E-state index in [-0.39, 0.29) is 189 Å². The van der Waals surface area contributed by atoms with Gasteiger partial charge in [0.2, 0.25) is 0 Å². The molecular formula is C84H124N4O16. The van der Waals surface area contributed by atoms with E-state index in [0.29, 0.717) is 51.4 Å². The van der Waals surface area contributed by atoms with Crippen molar-refractivity contribution in [1.29, 1.82) is 0 Å². The fourth-order valence-electron chi connectivity index (χ4n) is 17.1. The van der Waals surface area contributed by atoms with Crippen LogP contribution in [0.4, 0.5) is 19.2 Å². The maximum atomic E-state index is 14.9. The Bertz CT molecular complexity index is 3110. The van der Waals surface area contributed by atoms with E-state index in [1.165, 1.54) is 0 Å². The summed E-state index contributed by atoms with van der Waals surface area (Å²) in [5.41, 5.74) is -2.25. The Labute approximate surface area is 618 Å². The Morgan fingerprint density at radius 1 is 0.288 bits per heavy atom. The number of amides is 4. The molecule has 0 heterocycles. The van der Waals surface area contributed by atoms with Crippen molar-refractivity contribution in [2.24, 2.45) is 0 Å². The lowest BCUT2D eigenvalue weighted by molar-refractivity contribution is 0.00856. The molecule has 0 aromatic heterocycles. The molecule has 4 aromatic carbocycles. The molecule has 4 fully saturated rings. The lowest BCUT2D eigenvalue weighted by Crippen LogP contribution is -2.44. The van der Waals surface area contributed by atoms with Gasteiger partial charge >= 0.3 is 24.4 Å². The van der Waals surface area contributed by atoms with Crippen molar-refractivity contribution in [2.45, 2.75) is 361 Å². The first-order valence-corrected chi connectivity index (χ1v) is 39.2. The molecule has 104 heavy (non-hydrogen) atoms. The fourth-order valence-corrected chi connectivity index (χ4v) is 17.1. The van der Waals surface area contributed by atoms with Crippen molar-refractivity contribution in [3.8, 4) is 46.0 Å². The summed E-state index contributed by atoms with van der Waals surface area (Å²) in [6.45, 7) is 27.5. The van der Waals surface area contributed by atoms with Crippen LogP contribution in [0.15, 0.2) is 24.3 Å². The van der Waals surface area contributed by atoms with Gasteiger partial charge in [0, 0.05) is 92.3 Å².